The van der Waals surface area contributed by atoms with Crippen molar-refractivity contribution < 1.29 is 19.1 Å². The van der Waals surface area contributed by atoms with Gasteiger partial charge >= 0.3 is 6.09 Å². The van der Waals surface area contributed by atoms with Crippen molar-refractivity contribution in [3.05, 3.63) is 60.2 Å². The quantitative estimate of drug-likeness (QED) is 0.615. The first-order valence-electron chi connectivity index (χ1n) is 12.9. The van der Waals surface area contributed by atoms with E-state index in [1.807, 2.05) is 54.6 Å². The van der Waals surface area contributed by atoms with E-state index in [0.29, 0.717) is 13.1 Å². The van der Waals surface area contributed by atoms with Gasteiger partial charge in [-0.25, -0.2) is 4.79 Å². The molecule has 0 spiro atoms. The highest BCUT2D eigenvalue weighted by molar-refractivity contribution is 5.97. The largest absolute Gasteiger partial charge is 0.490 e. The molecule has 1 aliphatic carbocycles. The minimum Gasteiger partial charge on any atom is -0.490 e. The van der Waals surface area contributed by atoms with Crippen LogP contribution in [-0.2, 0) is 16.1 Å². The number of carbonyl (C=O) groups excluding carboxylic acids is 2. The number of carbonyl (C=O) groups is 2. The van der Waals surface area contributed by atoms with Crippen molar-refractivity contribution in [3.63, 3.8) is 0 Å². The second-order valence-electron chi connectivity index (χ2n) is 9.79. The summed E-state index contributed by atoms with van der Waals surface area (Å²) in [5, 5.41) is 0. The predicted octanol–water partition coefficient (Wildman–Crippen LogP) is 4.46. The molecule has 0 unspecified atom stereocenters. The molecule has 0 radical (unpaired) electrons. The molecule has 7 heteroatoms. The average molecular weight is 478 g/mol. The van der Waals surface area contributed by atoms with Gasteiger partial charge in [-0.1, -0.05) is 43.2 Å². The molecule has 7 nitrogen and oxygen atoms in total. The maximum absolute atomic E-state index is 12.8. The average Bonchev–Trinajstić information content (AvgIpc) is 3.44. The molecule has 2 aliphatic heterocycles. The Morgan fingerprint density at radius 1 is 0.857 bits per heavy atom. The second-order valence-corrected chi connectivity index (χ2v) is 9.79. The molecule has 2 heterocycles. The number of piperidine rings is 1. The molecule has 2 saturated heterocycles. The zero-order valence-electron chi connectivity index (χ0n) is 20.3. The lowest BCUT2D eigenvalue weighted by atomic mass is 10.0. The molecular weight excluding hydrogens is 442 g/mol. The van der Waals surface area contributed by atoms with Gasteiger partial charge in [-0.05, 0) is 55.5 Å². The summed E-state index contributed by atoms with van der Waals surface area (Å²) in [6.07, 6.45) is 7.41. The van der Waals surface area contributed by atoms with Gasteiger partial charge in [-0.15, -0.1) is 0 Å². The molecule has 1 saturated carbocycles. The standard InChI is InChI=1S/C28H35N3O4/c32-27-20-30(28(33)34-21-22-6-2-1-3-7-22)18-19-31(27)24-10-12-25(13-11-24)35-26-14-16-29(17-15-26)23-8-4-5-9-23/h1-3,6-7,10-13,23,26H,4-5,8-9,14-21H2. The topological polar surface area (TPSA) is 62.3 Å². The van der Waals surface area contributed by atoms with Crippen LogP contribution in [0.3, 0.4) is 0 Å². The van der Waals surface area contributed by atoms with Crippen molar-refractivity contribution >= 4 is 17.7 Å². The van der Waals surface area contributed by atoms with Crippen molar-refractivity contribution in [2.75, 3.05) is 37.6 Å². The Bertz CT molecular complexity index is 983. The monoisotopic (exact) mass is 477 g/mol. The molecule has 3 aliphatic rings. The Kier molecular flexibility index (Phi) is 7.52. The van der Waals surface area contributed by atoms with Gasteiger partial charge in [0, 0.05) is 37.9 Å². The van der Waals surface area contributed by atoms with E-state index in [2.05, 4.69) is 4.90 Å². The van der Waals surface area contributed by atoms with Crippen LogP contribution in [-0.4, -0.2) is 66.7 Å². The summed E-state index contributed by atoms with van der Waals surface area (Å²) >= 11 is 0. The fourth-order valence-electron chi connectivity index (χ4n) is 5.44. The summed E-state index contributed by atoms with van der Waals surface area (Å²) in [5.74, 6) is 0.740. The number of hydrogen-bond donors (Lipinski definition) is 0. The summed E-state index contributed by atoms with van der Waals surface area (Å²) in [5.41, 5.74) is 1.75. The maximum atomic E-state index is 12.8. The lowest BCUT2D eigenvalue weighted by Crippen LogP contribution is -2.52. The van der Waals surface area contributed by atoms with Crippen LogP contribution in [0.2, 0.25) is 0 Å². The van der Waals surface area contributed by atoms with E-state index < -0.39 is 6.09 Å². The van der Waals surface area contributed by atoms with Crippen LogP contribution in [0.5, 0.6) is 5.75 Å². The van der Waals surface area contributed by atoms with Gasteiger partial charge in [-0.3, -0.25) is 9.69 Å². The summed E-state index contributed by atoms with van der Waals surface area (Å²) in [6.45, 7) is 3.36. The van der Waals surface area contributed by atoms with E-state index in [0.717, 1.165) is 49.0 Å². The highest BCUT2D eigenvalue weighted by Gasteiger charge is 2.30. The lowest BCUT2D eigenvalue weighted by Gasteiger charge is -2.36. The third kappa shape index (κ3) is 5.96. The van der Waals surface area contributed by atoms with Gasteiger partial charge in [0.1, 0.15) is 25.0 Å². The van der Waals surface area contributed by atoms with Gasteiger partial charge in [0.15, 0.2) is 0 Å². The molecule has 2 amide bonds. The first-order valence-corrected chi connectivity index (χ1v) is 12.9. The Morgan fingerprint density at radius 2 is 1.57 bits per heavy atom. The third-order valence-electron chi connectivity index (χ3n) is 7.45. The van der Waals surface area contributed by atoms with Gasteiger partial charge in [0.05, 0.1) is 0 Å². The van der Waals surface area contributed by atoms with E-state index in [4.69, 9.17) is 9.47 Å². The number of hydrogen-bond acceptors (Lipinski definition) is 5. The highest BCUT2D eigenvalue weighted by atomic mass is 16.6. The number of likely N-dealkylation sites (tertiary alicyclic amines) is 1. The summed E-state index contributed by atoms with van der Waals surface area (Å²) in [4.78, 5) is 31.0. The molecule has 0 atom stereocenters. The van der Waals surface area contributed by atoms with Gasteiger partial charge in [-0.2, -0.15) is 0 Å². The number of amides is 2. The van der Waals surface area contributed by atoms with Crippen LogP contribution in [0.15, 0.2) is 54.6 Å². The Hall–Kier alpha value is -3.06. The molecule has 0 N–H and O–H groups in total. The number of rotatable bonds is 6. The minimum absolute atomic E-state index is 0.0193. The van der Waals surface area contributed by atoms with Crippen molar-refractivity contribution in [2.45, 2.75) is 57.3 Å². The molecule has 2 aromatic rings. The highest BCUT2D eigenvalue weighted by Crippen LogP contribution is 2.28. The summed E-state index contributed by atoms with van der Waals surface area (Å²) in [6, 6.07) is 18.1. The minimum atomic E-state index is -0.454. The lowest BCUT2D eigenvalue weighted by molar-refractivity contribution is -0.120. The van der Waals surface area contributed by atoms with Crippen molar-refractivity contribution in [1.29, 1.82) is 0 Å². The van der Waals surface area contributed by atoms with E-state index in [1.165, 1.54) is 30.6 Å². The summed E-state index contributed by atoms with van der Waals surface area (Å²) < 4.78 is 11.6. The van der Waals surface area contributed by atoms with Gasteiger partial charge in [0.25, 0.3) is 0 Å². The van der Waals surface area contributed by atoms with Crippen molar-refractivity contribution in [1.82, 2.24) is 9.80 Å². The fourth-order valence-corrected chi connectivity index (χ4v) is 5.44. The zero-order chi connectivity index (χ0) is 24.0. The molecule has 2 aromatic carbocycles. The first kappa shape index (κ1) is 23.7. The number of anilines is 1. The predicted molar refractivity (Wildman–Crippen MR) is 134 cm³/mol. The Labute approximate surface area is 207 Å². The van der Waals surface area contributed by atoms with Crippen LogP contribution in [0.25, 0.3) is 0 Å². The molecule has 5 rings (SSSR count). The molecule has 3 fully saturated rings. The van der Waals surface area contributed by atoms with Crippen molar-refractivity contribution in [3.8, 4) is 5.75 Å². The van der Waals surface area contributed by atoms with E-state index in [9.17, 15) is 9.59 Å². The SMILES string of the molecule is O=C(OCc1ccccc1)N1CCN(c2ccc(OC3CCN(C4CCCC4)CC3)cc2)C(=O)C1. The molecular formula is C28H35N3O4. The van der Waals surface area contributed by atoms with Crippen LogP contribution in [0.1, 0.15) is 44.1 Å². The smallest absolute Gasteiger partial charge is 0.410 e. The van der Waals surface area contributed by atoms with Crippen LogP contribution in [0.4, 0.5) is 10.5 Å². The molecule has 0 bridgehead atoms. The number of nitrogens with zero attached hydrogens (tertiary/aromatic N) is 3. The third-order valence-corrected chi connectivity index (χ3v) is 7.45. The molecule has 186 valence electrons. The number of ether oxygens (including phenoxy) is 2. The van der Waals surface area contributed by atoms with E-state index in [-0.39, 0.29) is 25.2 Å². The first-order chi connectivity index (χ1) is 17.2. The fraction of sp³-hybridized carbons (Fsp3) is 0.500. The normalized spacial score (nSPS) is 20.3. The van der Waals surface area contributed by atoms with Crippen LogP contribution < -0.4 is 9.64 Å². The maximum Gasteiger partial charge on any atom is 0.410 e. The van der Waals surface area contributed by atoms with Crippen LogP contribution >= 0.6 is 0 Å². The Balaban J connectivity index is 1.08. The van der Waals surface area contributed by atoms with E-state index in [1.54, 1.807) is 4.90 Å². The summed E-state index contributed by atoms with van der Waals surface area (Å²) in [7, 11) is 0. The number of piperazine rings is 1. The molecule has 35 heavy (non-hydrogen) atoms. The number of benzene rings is 2. The second kappa shape index (κ2) is 11.1. The van der Waals surface area contributed by atoms with Crippen molar-refractivity contribution in [2.24, 2.45) is 0 Å². The zero-order valence-corrected chi connectivity index (χ0v) is 20.3. The molecule has 0 aromatic heterocycles. The Morgan fingerprint density at radius 3 is 2.26 bits per heavy atom. The van der Waals surface area contributed by atoms with Crippen LogP contribution in [0, 0.1) is 0 Å². The van der Waals surface area contributed by atoms with E-state index >= 15 is 0 Å². The van der Waals surface area contributed by atoms with Gasteiger partial charge < -0.3 is 19.3 Å². The van der Waals surface area contributed by atoms with Gasteiger partial charge in [0.2, 0.25) is 5.91 Å².